The average Bonchev–Trinajstić information content (AvgIpc) is 2.54. The van der Waals surface area contributed by atoms with Crippen LogP contribution in [0.2, 0.25) is 0 Å². The van der Waals surface area contributed by atoms with Crippen molar-refractivity contribution in [2.24, 2.45) is 0 Å². The van der Waals surface area contributed by atoms with Gasteiger partial charge in [-0.2, -0.15) is 8.78 Å². The average molecular weight is 314 g/mol. The highest BCUT2D eigenvalue weighted by Gasteiger charge is 2.39. The molecule has 1 aromatic rings. The van der Waals surface area contributed by atoms with Gasteiger partial charge in [0.05, 0.1) is 0 Å². The number of carbonyl (C=O) groups excluding carboxylic acids is 1. The van der Waals surface area contributed by atoms with Gasteiger partial charge in [-0.05, 0) is 43.6 Å². The molecular weight excluding hydrogens is 294 g/mol. The van der Waals surface area contributed by atoms with Crippen LogP contribution in [0.4, 0.5) is 8.78 Å². The van der Waals surface area contributed by atoms with Gasteiger partial charge in [-0.15, -0.1) is 0 Å². The van der Waals surface area contributed by atoms with Crippen LogP contribution in [-0.4, -0.2) is 38.3 Å². The molecule has 122 valence electrons. The van der Waals surface area contributed by atoms with Gasteiger partial charge in [0.1, 0.15) is 11.4 Å². The molecule has 2 rings (SSSR count). The van der Waals surface area contributed by atoms with Crippen molar-refractivity contribution in [1.82, 2.24) is 10.6 Å². The van der Waals surface area contributed by atoms with Gasteiger partial charge in [0.2, 0.25) is 0 Å². The Balaban J connectivity index is 1.90. The number of hydrogen-bond acceptors (Lipinski definition) is 4. The number of methoxy groups -OCH3 is 1. The molecule has 1 aliphatic rings. The van der Waals surface area contributed by atoms with E-state index in [0.29, 0.717) is 19.4 Å². The molecule has 0 spiro atoms. The molecule has 7 heteroatoms. The van der Waals surface area contributed by atoms with Crippen molar-refractivity contribution in [2.45, 2.75) is 31.6 Å². The van der Waals surface area contributed by atoms with Gasteiger partial charge in [0, 0.05) is 13.7 Å². The van der Waals surface area contributed by atoms with E-state index in [0.717, 1.165) is 18.7 Å². The van der Waals surface area contributed by atoms with Gasteiger partial charge in [-0.25, -0.2) is 0 Å². The standard InChI is InChI=1S/C15H20F2N2O3/c1-21-15(6-8-18-9-7-15)13(20)19-10-11-2-4-12(5-3-11)22-14(16)17/h2-5,14,18H,6-10H2,1H3,(H,19,20). The minimum Gasteiger partial charge on any atom is -0.435 e. The fraction of sp³-hybridized carbons (Fsp3) is 0.533. The van der Waals surface area contributed by atoms with Gasteiger partial charge in [0.25, 0.3) is 5.91 Å². The molecule has 0 saturated carbocycles. The first-order valence-electron chi connectivity index (χ1n) is 7.14. The minimum atomic E-state index is -2.84. The molecule has 5 nitrogen and oxygen atoms in total. The molecule has 1 amide bonds. The second-order valence-electron chi connectivity index (χ2n) is 5.15. The summed E-state index contributed by atoms with van der Waals surface area (Å²) in [5, 5.41) is 6.03. The Morgan fingerprint density at radius 2 is 1.95 bits per heavy atom. The SMILES string of the molecule is COC1(C(=O)NCc2ccc(OC(F)F)cc2)CCNCC1. The molecule has 0 aliphatic carbocycles. The highest BCUT2D eigenvalue weighted by molar-refractivity contribution is 5.85. The van der Waals surface area contributed by atoms with Crippen LogP contribution in [0, 0.1) is 0 Å². The van der Waals surface area contributed by atoms with E-state index in [1.165, 1.54) is 12.1 Å². The van der Waals surface area contributed by atoms with Crippen molar-refractivity contribution in [3.05, 3.63) is 29.8 Å². The molecule has 0 radical (unpaired) electrons. The molecule has 22 heavy (non-hydrogen) atoms. The second-order valence-corrected chi connectivity index (χ2v) is 5.15. The number of alkyl halides is 2. The molecule has 1 aliphatic heterocycles. The highest BCUT2D eigenvalue weighted by Crippen LogP contribution is 2.23. The summed E-state index contributed by atoms with van der Waals surface area (Å²) in [6.45, 7) is -1.05. The maximum Gasteiger partial charge on any atom is 0.387 e. The third-order valence-corrected chi connectivity index (χ3v) is 3.82. The number of hydrogen-bond donors (Lipinski definition) is 2. The maximum atomic E-state index is 12.3. The molecule has 1 saturated heterocycles. The molecule has 2 N–H and O–H groups in total. The number of amides is 1. The van der Waals surface area contributed by atoms with E-state index in [1.54, 1.807) is 19.2 Å². The van der Waals surface area contributed by atoms with Crippen molar-refractivity contribution < 1.29 is 23.0 Å². The van der Waals surface area contributed by atoms with Crippen LogP contribution >= 0.6 is 0 Å². The zero-order chi connectivity index (χ0) is 16.0. The molecule has 0 unspecified atom stereocenters. The number of carbonyl (C=O) groups is 1. The van der Waals surface area contributed by atoms with E-state index in [-0.39, 0.29) is 11.7 Å². The molecule has 1 fully saturated rings. The molecule has 0 bridgehead atoms. The number of benzene rings is 1. The third-order valence-electron chi connectivity index (χ3n) is 3.82. The van der Waals surface area contributed by atoms with Crippen molar-refractivity contribution in [3.8, 4) is 5.75 Å². The fourth-order valence-corrected chi connectivity index (χ4v) is 2.49. The molecular formula is C15H20F2N2O3. The Morgan fingerprint density at radius 1 is 1.32 bits per heavy atom. The summed E-state index contributed by atoms with van der Waals surface area (Å²) in [6, 6.07) is 6.17. The van der Waals surface area contributed by atoms with Crippen LogP contribution in [0.1, 0.15) is 18.4 Å². The van der Waals surface area contributed by atoms with Crippen LogP contribution in [-0.2, 0) is 16.1 Å². The van der Waals surface area contributed by atoms with Crippen molar-refractivity contribution in [2.75, 3.05) is 20.2 Å². The van der Waals surface area contributed by atoms with E-state index in [9.17, 15) is 13.6 Å². The summed E-state index contributed by atoms with van der Waals surface area (Å²) < 4.78 is 33.8. The zero-order valence-electron chi connectivity index (χ0n) is 12.4. The quantitative estimate of drug-likeness (QED) is 0.839. The summed E-state index contributed by atoms with van der Waals surface area (Å²) in [7, 11) is 1.54. The van der Waals surface area contributed by atoms with E-state index >= 15 is 0 Å². The highest BCUT2D eigenvalue weighted by atomic mass is 19.3. The Bertz CT molecular complexity index is 488. The summed E-state index contributed by atoms with van der Waals surface area (Å²) in [6.07, 6.45) is 1.24. The van der Waals surface area contributed by atoms with Crippen LogP contribution < -0.4 is 15.4 Å². The molecule has 1 heterocycles. The smallest absolute Gasteiger partial charge is 0.387 e. The lowest BCUT2D eigenvalue weighted by Crippen LogP contribution is -2.53. The van der Waals surface area contributed by atoms with Gasteiger partial charge in [-0.1, -0.05) is 12.1 Å². The molecule has 0 aromatic heterocycles. The lowest BCUT2D eigenvalue weighted by Gasteiger charge is -2.34. The van der Waals surface area contributed by atoms with E-state index < -0.39 is 12.2 Å². The van der Waals surface area contributed by atoms with Crippen LogP contribution in [0.25, 0.3) is 0 Å². The van der Waals surface area contributed by atoms with Gasteiger partial charge in [-0.3, -0.25) is 4.79 Å². The third kappa shape index (κ3) is 4.14. The van der Waals surface area contributed by atoms with Gasteiger partial charge < -0.3 is 20.1 Å². The summed E-state index contributed by atoms with van der Waals surface area (Å²) in [4.78, 5) is 12.3. The van der Waals surface area contributed by atoms with Crippen LogP contribution in [0.3, 0.4) is 0 Å². The van der Waals surface area contributed by atoms with Crippen LogP contribution in [0.15, 0.2) is 24.3 Å². The first kappa shape index (κ1) is 16.6. The van der Waals surface area contributed by atoms with Crippen molar-refractivity contribution in [1.29, 1.82) is 0 Å². The first-order chi connectivity index (χ1) is 10.6. The molecule has 0 atom stereocenters. The lowest BCUT2D eigenvalue weighted by molar-refractivity contribution is -0.146. The monoisotopic (exact) mass is 314 g/mol. The Labute approximate surface area is 128 Å². The number of halogens is 2. The Morgan fingerprint density at radius 3 is 2.50 bits per heavy atom. The van der Waals surface area contributed by atoms with E-state index in [2.05, 4.69) is 15.4 Å². The van der Waals surface area contributed by atoms with Gasteiger partial charge >= 0.3 is 6.61 Å². The van der Waals surface area contributed by atoms with Crippen molar-refractivity contribution >= 4 is 5.91 Å². The Hall–Kier alpha value is -1.73. The van der Waals surface area contributed by atoms with Gasteiger partial charge in [0.15, 0.2) is 0 Å². The summed E-state index contributed by atoms with van der Waals surface area (Å²) in [5.74, 6) is -0.0544. The predicted molar refractivity (Wildman–Crippen MR) is 76.8 cm³/mol. The topological polar surface area (TPSA) is 59.6 Å². The first-order valence-corrected chi connectivity index (χ1v) is 7.14. The van der Waals surface area contributed by atoms with Crippen molar-refractivity contribution in [3.63, 3.8) is 0 Å². The van der Waals surface area contributed by atoms with E-state index in [1.807, 2.05) is 0 Å². The lowest BCUT2D eigenvalue weighted by atomic mass is 9.91. The predicted octanol–water partition coefficient (Wildman–Crippen LogP) is 1.67. The van der Waals surface area contributed by atoms with E-state index in [4.69, 9.17) is 4.74 Å². The number of ether oxygens (including phenoxy) is 2. The largest absolute Gasteiger partial charge is 0.435 e. The fourth-order valence-electron chi connectivity index (χ4n) is 2.49. The molecule has 1 aromatic carbocycles. The Kier molecular flexibility index (Phi) is 5.68. The summed E-state index contributed by atoms with van der Waals surface area (Å²) >= 11 is 0. The zero-order valence-corrected chi connectivity index (χ0v) is 12.4. The number of rotatable bonds is 6. The normalized spacial score (nSPS) is 17.3. The summed E-state index contributed by atoms with van der Waals surface area (Å²) in [5.41, 5.74) is 0.0133. The number of piperidine rings is 1. The second kappa shape index (κ2) is 7.51. The van der Waals surface area contributed by atoms with Crippen LogP contribution in [0.5, 0.6) is 5.75 Å². The number of nitrogens with one attached hydrogen (secondary N) is 2. The maximum absolute atomic E-state index is 12.3. The minimum absolute atomic E-state index is 0.0943.